The molecule has 0 unspecified atom stereocenters. The fraction of sp³-hybridized carbons (Fsp3) is 0.200. The first-order valence-electron chi connectivity index (χ1n) is 6.22. The van der Waals surface area contributed by atoms with Crippen LogP contribution in [-0.4, -0.2) is 18.3 Å². The van der Waals surface area contributed by atoms with Gasteiger partial charge in [0.15, 0.2) is 0 Å². The highest BCUT2D eigenvalue weighted by atomic mass is 32.2. The Morgan fingerprint density at radius 2 is 2.05 bits per heavy atom. The highest BCUT2D eigenvalue weighted by Gasteiger charge is 2.07. The van der Waals surface area contributed by atoms with Crippen molar-refractivity contribution in [1.82, 2.24) is 0 Å². The van der Waals surface area contributed by atoms with Crippen LogP contribution in [0.1, 0.15) is 5.56 Å². The molecule has 0 aliphatic heterocycles. The van der Waals surface area contributed by atoms with Gasteiger partial charge in [0.1, 0.15) is 18.1 Å². The fourth-order valence-corrected chi connectivity index (χ4v) is 2.37. The van der Waals surface area contributed by atoms with E-state index in [0.29, 0.717) is 12.4 Å². The lowest BCUT2D eigenvalue weighted by atomic mass is 10.2. The van der Waals surface area contributed by atoms with Gasteiger partial charge in [-0.1, -0.05) is 12.1 Å². The Bertz CT molecular complexity index is 645. The van der Waals surface area contributed by atoms with Crippen molar-refractivity contribution in [3.63, 3.8) is 0 Å². The largest absolute Gasteiger partial charge is 0.496 e. The second-order valence-electron chi connectivity index (χ2n) is 4.23. The summed E-state index contributed by atoms with van der Waals surface area (Å²) in [5, 5.41) is 10.7. The maximum atomic E-state index is 10.7. The molecule has 0 fully saturated rings. The van der Waals surface area contributed by atoms with E-state index in [2.05, 4.69) is 0 Å². The molecule has 2 aromatic rings. The minimum atomic E-state index is -0.441. The van der Waals surface area contributed by atoms with Gasteiger partial charge in [0.05, 0.1) is 18.1 Å². The molecule has 0 saturated heterocycles. The Labute approximate surface area is 127 Å². The second-order valence-corrected chi connectivity index (χ2v) is 5.08. The summed E-state index contributed by atoms with van der Waals surface area (Å²) in [7, 11) is 1.63. The number of thioether (sulfide) groups is 1. The smallest absolute Gasteiger partial charge is 0.273 e. The van der Waals surface area contributed by atoms with Crippen LogP contribution < -0.4 is 9.47 Å². The number of benzene rings is 2. The third-order valence-electron chi connectivity index (χ3n) is 2.88. The molecule has 110 valence electrons. The van der Waals surface area contributed by atoms with Crippen LogP contribution >= 0.6 is 11.8 Å². The van der Waals surface area contributed by atoms with Crippen molar-refractivity contribution in [3.05, 3.63) is 58.1 Å². The van der Waals surface area contributed by atoms with E-state index in [1.807, 2.05) is 24.5 Å². The number of nitro groups is 1. The van der Waals surface area contributed by atoms with Crippen molar-refractivity contribution >= 4 is 17.4 Å². The first-order valence-corrected chi connectivity index (χ1v) is 7.44. The molecule has 0 aromatic heterocycles. The number of rotatable bonds is 6. The van der Waals surface area contributed by atoms with Gasteiger partial charge in [0.2, 0.25) is 0 Å². The SMILES string of the molecule is COc1cc(COc2cccc([N+](=O)[O-])c2)ccc1SC. The lowest BCUT2D eigenvalue weighted by Gasteiger charge is -2.10. The number of nitrogens with zero attached hydrogens (tertiary/aromatic N) is 1. The van der Waals surface area contributed by atoms with Crippen molar-refractivity contribution in [2.75, 3.05) is 13.4 Å². The van der Waals surface area contributed by atoms with E-state index in [4.69, 9.17) is 9.47 Å². The van der Waals surface area contributed by atoms with Crippen LogP contribution in [0.4, 0.5) is 5.69 Å². The molecule has 5 nitrogen and oxygen atoms in total. The maximum absolute atomic E-state index is 10.7. The fourth-order valence-electron chi connectivity index (χ4n) is 1.82. The van der Waals surface area contributed by atoms with Crippen molar-refractivity contribution in [2.24, 2.45) is 0 Å². The number of hydrogen-bond donors (Lipinski definition) is 0. The molecular formula is C15H15NO4S. The lowest BCUT2D eigenvalue weighted by molar-refractivity contribution is -0.384. The van der Waals surface area contributed by atoms with Crippen LogP contribution in [0.5, 0.6) is 11.5 Å². The summed E-state index contributed by atoms with van der Waals surface area (Å²) in [5.74, 6) is 1.26. The van der Waals surface area contributed by atoms with Crippen molar-refractivity contribution in [2.45, 2.75) is 11.5 Å². The van der Waals surface area contributed by atoms with E-state index in [1.54, 1.807) is 31.0 Å². The quantitative estimate of drug-likeness (QED) is 0.460. The summed E-state index contributed by atoms with van der Waals surface area (Å²) in [4.78, 5) is 11.3. The summed E-state index contributed by atoms with van der Waals surface area (Å²) in [6.45, 7) is 0.326. The Kier molecular flexibility index (Phi) is 5.05. The number of hydrogen-bond acceptors (Lipinski definition) is 5. The van der Waals surface area contributed by atoms with Crippen molar-refractivity contribution < 1.29 is 14.4 Å². The third-order valence-corrected chi connectivity index (χ3v) is 3.66. The van der Waals surface area contributed by atoms with E-state index in [1.165, 1.54) is 12.1 Å². The van der Waals surface area contributed by atoms with Gasteiger partial charge in [-0.25, -0.2) is 0 Å². The average molecular weight is 305 g/mol. The molecule has 21 heavy (non-hydrogen) atoms. The first kappa shape index (κ1) is 15.2. The Hall–Kier alpha value is -2.21. The van der Waals surface area contributed by atoms with Crippen LogP contribution in [0.3, 0.4) is 0 Å². The minimum absolute atomic E-state index is 0.0165. The molecule has 0 aliphatic carbocycles. The zero-order valence-corrected chi connectivity index (χ0v) is 12.6. The Morgan fingerprint density at radius 3 is 2.71 bits per heavy atom. The van der Waals surface area contributed by atoms with Gasteiger partial charge in [-0.3, -0.25) is 10.1 Å². The van der Waals surface area contributed by atoms with Gasteiger partial charge in [-0.2, -0.15) is 0 Å². The molecule has 6 heteroatoms. The van der Waals surface area contributed by atoms with E-state index in [0.717, 1.165) is 16.2 Å². The van der Waals surface area contributed by atoms with Crippen LogP contribution in [0.25, 0.3) is 0 Å². The molecule has 0 N–H and O–H groups in total. The zero-order chi connectivity index (χ0) is 15.2. The molecule has 0 heterocycles. The summed E-state index contributed by atoms with van der Waals surface area (Å²) >= 11 is 1.61. The topological polar surface area (TPSA) is 61.6 Å². The Morgan fingerprint density at radius 1 is 1.24 bits per heavy atom. The summed E-state index contributed by atoms with van der Waals surface area (Å²) < 4.78 is 10.9. The normalized spacial score (nSPS) is 10.2. The molecule has 0 radical (unpaired) electrons. The highest BCUT2D eigenvalue weighted by Crippen LogP contribution is 2.29. The van der Waals surface area contributed by atoms with E-state index in [9.17, 15) is 10.1 Å². The standard InChI is InChI=1S/C15H15NO4S/c1-19-14-8-11(6-7-15(14)21-2)10-20-13-5-3-4-12(9-13)16(17)18/h3-9H,10H2,1-2H3. The van der Waals surface area contributed by atoms with Gasteiger partial charge < -0.3 is 9.47 Å². The van der Waals surface area contributed by atoms with E-state index < -0.39 is 4.92 Å². The van der Waals surface area contributed by atoms with Crippen molar-refractivity contribution in [1.29, 1.82) is 0 Å². The second kappa shape index (κ2) is 6.99. The third kappa shape index (κ3) is 3.88. The first-order chi connectivity index (χ1) is 10.1. The van der Waals surface area contributed by atoms with Crippen LogP contribution in [0.15, 0.2) is 47.4 Å². The molecule has 0 amide bonds. The molecule has 0 saturated carbocycles. The maximum Gasteiger partial charge on any atom is 0.273 e. The Balaban J connectivity index is 2.09. The van der Waals surface area contributed by atoms with Gasteiger partial charge in [-0.05, 0) is 30.0 Å². The molecule has 2 aromatic carbocycles. The lowest BCUT2D eigenvalue weighted by Crippen LogP contribution is -1.97. The van der Waals surface area contributed by atoms with E-state index in [-0.39, 0.29) is 5.69 Å². The van der Waals surface area contributed by atoms with Gasteiger partial charge in [0, 0.05) is 11.0 Å². The monoisotopic (exact) mass is 305 g/mol. The number of methoxy groups -OCH3 is 1. The molecule has 0 aliphatic rings. The summed E-state index contributed by atoms with van der Waals surface area (Å²) in [6, 6.07) is 12.0. The molecular weight excluding hydrogens is 290 g/mol. The van der Waals surface area contributed by atoms with Crippen LogP contribution in [-0.2, 0) is 6.61 Å². The van der Waals surface area contributed by atoms with E-state index >= 15 is 0 Å². The molecule has 0 atom stereocenters. The number of non-ortho nitro benzene ring substituents is 1. The summed E-state index contributed by atoms with van der Waals surface area (Å²) in [5.41, 5.74) is 0.957. The van der Waals surface area contributed by atoms with Gasteiger partial charge in [-0.15, -0.1) is 11.8 Å². The predicted molar refractivity (Wildman–Crippen MR) is 82.2 cm³/mol. The van der Waals surface area contributed by atoms with Gasteiger partial charge >= 0.3 is 0 Å². The average Bonchev–Trinajstić information content (AvgIpc) is 2.52. The summed E-state index contributed by atoms with van der Waals surface area (Å²) in [6.07, 6.45) is 1.98. The number of nitro benzene ring substituents is 1. The van der Waals surface area contributed by atoms with Crippen LogP contribution in [0, 0.1) is 10.1 Å². The predicted octanol–water partition coefficient (Wildman–Crippen LogP) is 3.90. The molecule has 0 bridgehead atoms. The van der Waals surface area contributed by atoms with Gasteiger partial charge in [0.25, 0.3) is 5.69 Å². The highest BCUT2D eigenvalue weighted by molar-refractivity contribution is 7.98. The molecule has 2 rings (SSSR count). The zero-order valence-electron chi connectivity index (χ0n) is 11.7. The number of ether oxygens (including phenoxy) is 2. The van der Waals surface area contributed by atoms with Crippen LogP contribution in [0.2, 0.25) is 0 Å². The minimum Gasteiger partial charge on any atom is -0.496 e. The molecule has 0 spiro atoms. The van der Waals surface area contributed by atoms with Crippen molar-refractivity contribution in [3.8, 4) is 11.5 Å².